The maximum atomic E-state index is 3.30. The van der Waals surface area contributed by atoms with Gasteiger partial charge in [-0.2, -0.15) is 12.2 Å². The van der Waals surface area contributed by atoms with Gasteiger partial charge in [-0.3, -0.25) is 12.2 Å². The van der Waals surface area contributed by atoms with Crippen molar-refractivity contribution >= 4 is 0 Å². The van der Waals surface area contributed by atoms with Crippen molar-refractivity contribution in [2.45, 2.75) is 65.2 Å². The van der Waals surface area contributed by atoms with Crippen LogP contribution in [-0.4, -0.2) is 0 Å². The van der Waals surface area contributed by atoms with E-state index in [1.165, 1.54) is 49.7 Å². The van der Waals surface area contributed by atoms with Gasteiger partial charge in [0.15, 0.2) is 0 Å². The van der Waals surface area contributed by atoms with E-state index >= 15 is 0 Å². The normalized spacial score (nSPS) is 15.5. The van der Waals surface area contributed by atoms with Gasteiger partial charge < -0.3 is 0 Å². The molecule has 0 aliphatic heterocycles. The molecule has 19 heavy (non-hydrogen) atoms. The Labute approximate surface area is 132 Å². The number of hydrogen-bond donors (Lipinski definition) is 0. The molecule has 0 aromatic rings. The fraction of sp³-hybridized carbons (Fsp3) is 0.556. The first-order valence-corrected chi connectivity index (χ1v) is 7.39. The Morgan fingerprint density at radius 2 is 1.26 bits per heavy atom. The zero-order chi connectivity index (χ0) is 13.1. The predicted molar refractivity (Wildman–Crippen MR) is 80.1 cm³/mol. The third-order valence-corrected chi connectivity index (χ3v) is 3.13. The molecule has 0 unspecified atom stereocenters. The molecule has 0 fully saturated rings. The molecule has 0 aromatic carbocycles. The van der Waals surface area contributed by atoms with Crippen LogP contribution in [0.4, 0.5) is 0 Å². The van der Waals surface area contributed by atoms with Crippen LogP contribution in [0.1, 0.15) is 65.2 Å². The Morgan fingerprint density at radius 3 is 1.53 bits per heavy atom. The number of hydrogen-bond acceptors (Lipinski definition) is 0. The van der Waals surface area contributed by atoms with Gasteiger partial charge in [0.2, 0.25) is 0 Å². The minimum Gasteiger partial charge on any atom is -0.269 e. The van der Waals surface area contributed by atoms with Crippen LogP contribution in [0, 0.1) is 12.2 Å². The summed E-state index contributed by atoms with van der Waals surface area (Å²) in [5.41, 5.74) is 2.83. The van der Waals surface area contributed by atoms with Crippen molar-refractivity contribution in [3.05, 3.63) is 47.6 Å². The first kappa shape index (κ1) is 18.6. The SMILES string of the molecule is CCCCC1=[C-]CC=C1.CCCCC1=[C-]CC=C1.[Ru+2]. The summed E-state index contributed by atoms with van der Waals surface area (Å²) >= 11 is 0. The number of unbranched alkanes of at least 4 members (excludes halogenated alkanes) is 2. The molecule has 0 atom stereocenters. The largest absolute Gasteiger partial charge is 2.00 e. The van der Waals surface area contributed by atoms with Crippen molar-refractivity contribution in [3.63, 3.8) is 0 Å². The molecule has 0 amide bonds. The van der Waals surface area contributed by atoms with Gasteiger partial charge in [-0.05, 0) is 0 Å². The third kappa shape index (κ3) is 9.17. The molecule has 106 valence electrons. The summed E-state index contributed by atoms with van der Waals surface area (Å²) in [6, 6.07) is 0. The van der Waals surface area contributed by atoms with E-state index in [4.69, 9.17) is 0 Å². The van der Waals surface area contributed by atoms with Crippen molar-refractivity contribution in [2.75, 3.05) is 0 Å². The minimum absolute atomic E-state index is 0. The fourth-order valence-corrected chi connectivity index (χ4v) is 1.98. The topological polar surface area (TPSA) is 0 Å². The maximum absolute atomic E-state index is 3.30. The molecule has 0 spiro atoms. The molecule has 2 rings (SSSR count). The first-order valence-electron chi connectivity index (χ1n) is 7.39. The zero-order valence-electron chi connectivity index (χ0n) is 12.3. The average molecular weight is 343 g/mol. The second-order valence-electron chi connectivity index (χ2n) is 4.82. The summed E-state index contributed by atoms with van der Waals surface area (Å²) in [4.78, 5) is 0. The Balaban J connectivity index is 0.000000324. The van der Waals surface area contributed by atoms with Crippen LogP contribution in [0.5, 0.6) is 0 Å². The summed E-state index contributed by atoms with van der Waals surface area (Å²) < 4.78 is 0. The van der Waals surface area contributed by atoms with Gasteiger partial charge in [0.1, 0.15) is 0 Å². The zero-order valence-corrected chi connectivity index (χ0v) is 14.1. The Kier molecular flexibility index (Phi) is 12.3. The minimum atomic E-state index is 0. The molecular formula is C18H26Ru. The molecule has 2 aliphatic rings. The molecule has 1 heteroatoms. The standard InChI is InChI=1S/2C9H13.Ru/c2*1-2-3-6-9-7-4-5-8-9;/h2*4,7H,2-3,5-6H2,1H3;/q2*-1;+2. The van der Waals surface area contributed by atoms with Gasteiger partial charge in [0.05, 0.1) is 0 Å². The van der Waals surface area contributed by atoms with Crippen LogP contribution in [0.2, 0.25) is 0 Å². The van der Waals surface area contributed by atoms with E-state index in [-0.39, 0.29) is 19.5 Å². The van der Waals surface area contributed by atoms with E-state index in [0.29, 0.717) is 0 Å². The third-order valence-electron chi connectivity index (χ3n) is 3.13. The molecule has 0 N–H and O–H groups in total. The first-order chi connectivity index (χ1) is 8.86. The molecule has 0 aromatic heterocycles. The summed E-state index contributed by atoms with van der Waals surface area (Å²) in [6.07, 6.45) is 25.1. The van der Waals surface area contributed by atoms with Gasteiger partial charge in [0.25, 0.3) is 0 Å². The second-order valence-corrected chi connectivity index (χ2v) is 4.82. The van der Waals surface area contributed by atoms with Crippen LogP contribution in [0.15, 0.2) is 35.5 Å². The van der Waals surface area contributed by atoms with Crippen molar-refractivity contribution in [1.29, 1.82) is 0 Å². The smallest absolute Gasteiger partial charge is 0.269 e. The van der Waals surface area contributed by atoms with Gasteiger partial charge >= 0.3 is 19.5 Å². The van der Waals surface area contributed by atoms with Crippen molar-refractivity contribution in [3.8, 4) is 0 Å². The van der Waals surface area contributed by atoms with E-state index in [9.17, 15) is 0 Å². The molecule has 0 bridgehead atoms. The van der Waals surface area contributed by atoms with E-state index in [1.807, 2.05) is 0 Å². The summed E-state index contributed by atoms with van der Waals surface area (Å²) in [5.74, 6) is 0. The summed E-state index contributed by atoms with van der Waals surface area (Å²) in [6.45, 7) is 4.44. The Bertz CT molecular complexity index is 298. The monoisotopic (exact) mass is 344 g/mol. The van der Waals surface area contributed by atoms with Gasteiger partial charge in [-0.1, -0.05) is 52.4 Å². The van der Waals surface area contributed by atoms with Gasteiger partial charge in [0, 0.05) is 0 Å². The van der Waals surface area contributed by atoms with Gasteiger partial charge in [-0.15, -0.1) is 12.8 Å². The van der Waals surface area contributed by atoms with Crippen LogP contribution in [-0.2, 0) is 19.5 Å². The summed E-state index contributed by atoms with van der Waals surface area (Å²) in [5, 5.41) is 0. The molecular weight excluding hydrogens is 317 g/mol. The van der Waals surface area contributed by atoms with Crippen LogP contribution in [0.3, 0.4) is 0 Å². The van der Waals surface area contributed by atoms with Crippen LogP contribution < -0.4 is 0 Å². The molecule has 2 aliphatic carbocycles. The molecule has 0 saturated heterocycles. The Morgan fingerprint density at radius 1 is 0.842 bits per heavy atom. The van der Waals surface area contributed by atoms with E-state index in [1.54, 1.807) is 0 Å². The Hall–Kier alpha value is -0.417. The van der Waals surface area contributed by atoms with Crippen LogP contribution in [0.25, 0.3) is 0 Å². The van der Waals surface area contributed by atoms with E-state index in [0.717, 1.165) is 12.8 Å². The van der Waals surface area contributed by atoms with Crippen LogP contribution >= 0.6 is 0 Å². The molecule has 0 radical (unpaired) electrons. The van der Waals surface area contributed by atoms with E-state index < -0.39 is 0 Å². The van der Waals surface area contributed by atoms with Gasteiger partial charge in [-0.25, -0.2) is 23.3 Å². The summed E-state index contributed by atoms with van der Waals surface area (Å²) in [7, 11) is 0. The average Bonchev–Trinajstić information content (AvgIpc) is 3.07. The molecule has 0 heterocycles. The number of rotatable bonds is 6. The fourth-order valence-electron chi connectivity index (χ4n) is 1.98. The quantitative estimate of drug-likeness (QED) is 0.427. The molecule has 0 saturated carbocycles. The maximum Gasteiger partial charge on any atom is 2.00 e. The number of allylic oxidation sites excluding steroid dienone is 8. The predicted octanol–water partition coefficient (Wildman–Crippen LogP) is 5.73. The van der Waals surface area contributed by atoms with Crippen molar-refractivity contribution in [1.82, 2.24) is 0 Å². The second kappa shape index (κ2) is 12.6. The van der Waals surface area contributed by atoms with E-state index in [2.05, 4.69) is 50.3 Å². The molecule has 0 nitrogen and oxygen atoms in total. The van der Waals surface area contributed by atoms with Crippen molar-refractivity contribution < 1.29 is 19.5 Å². The van der Waals surface area contributed by atoms with Crippen molar-refractivity contribution in [2.24, 2.45) is 0 Å².